The van der Waals surface area contributed by atoms with Gasteiger partial charge in [-0.15, -0.1) is 0 Å². The average Bonchev–Trinajstić information content (AvgIpc) is 3.02. The lowest BCUT2D eigenvalue weighted by Crippen LogP contribution is -2.24. The molecule has 2 N–H and O–H groups in total. The summed E-state index contributed by atoms with van der Waals surface area (Å²) in [5.41, 5.74) is 0.610. The molecule has 1 aromatic carbocycles. The zero-order valence-electron chi connectivity index (χ0n) is 13.5. The van der Waals surface area contributed by atoms with Crippen molar-refractivity contribution < 1.29 is 14.6 Å². The van der Waals surface area contributed by atoms with Gasteiger partial charge in [-0.25, -0.2) is 4.98 Å². The van der Waals surface area contributed by atoms with Crippen LogP contribution in [0.15, 0.2) is 43.0 Å². The minimum absolute atomic E-state index is 0.0439. The summed E-state index contributed by atoms with van der Waals surface area (Å²) in [6.45, 7) is 4.91. The first-order valence-electron chi connectivity index (χ1n) is 7.71. The highest BCUT2D eigenvalue weighted by molar-refractivity contribution is 5.92. The number of para-hydroxylation sites is 2. The molecule has 0 saturated carbocycles. The molecular weight excluding hydrogens is 294 g/mol. The van der Waals surface area contributed by atoms with E-state index in [1.54, 1.807) is 18.6 Å². The van der Waals surface area contributed by atoms with Gasteiger partial charge in [0.05, 0.1) is 31.1 Å². The van der Waals surface area contributed by atoms with Gasteiger partial charge in [-0.05, 0) is 18.1 Å². The first-order valence-corrected chi connectivity index (χ1v) is 7.71. The monoisotopic (exact) mass is 317 g/mol. The van der Waals surface area contributed by atoms with Crippen LogP contribution in [0.3, 0.4) is 0 Å². The maximum atomic E-state index is 12.0. The summed E-state index contributed by atoms with van der Waals surface area (Å²) in [4.78, 5) is 16.0. The highest BCUT2D eigenvalue weighted by Gasteiger charge is 2.15. The Bertz CT molecular complexity index is 611. The van der Waals surface area contributed by atoms with Crippen molar-refractivity contribution in [1.82, 2.24) is 9.55 Å². The van der Waals surface area contributed by atoms with Gasteiger partial charge in [0, 0.05) is 12.4 Å². The number of benzene rings is 1. The molecule has 0 aliphatic rings. The SMILES string of the molecule is CC(C)C(O)CC(=O)Nc1ccccc1OCCn1ccnc1. The van der Waals surface area contributed by atoms with E-state index in [1.807, 2.05) is 42.8 Å². The number of rotatable bonds is 8. The predicted molar refractivity (Wildman–Crippen MR) is 88.3 cm³/mol. The fourth-order valence-electron chi connectivity index (χ4n) is 2.00. The third-order valence-corrected chi connectivity index (χ3v) is 3.49. The minimum Gasteiger partial charge on any atom is -0.490 e. The van der Waals surface area contributed by atoms with Crippen LogP contribution in [0.2, 0.25) is 0 Å². The topological polar surface area (TPSA) is 76.4 Å². The van der Waals surface area contributed by atoms with Crippen LogP contribution in [0.4, 0.5) is 5.69 Å². The van der Waals surface area contributed by atoms with E-state index in [-0.39, 0.29) is 18.2 Å². The van der Waals surface area contributed by atoms with Crippen LogP contribution in [0.5, 0.6) is 5.75 Å². The van der Waals surface area contributed by atoms with E-state index in [4.69, 9.17) is 4.74 Å². The van der Waals surface area contributed by atoms with Crippen LogP contribution >= 0.6 is 0 Å². The normalized spacial score (nSPS) is 12.2. The molecule has 0 aliphatic carbocycles. The van der Waals surface area contributed by atoms with Crippen molar-refractivity contribution in [2.75, 3.05) is 11.9 Å². The number of imidazole rings is 1. The van der Waals surface area contributed by atoms with Crippen LogP contribution in [0, 0.1) is 5.92 Å². The molecule has 2 aromatic rings. The number of hydrogen-bond acceptors (Lipinski definition) is 4. The molecule has 1 heterocycles. The molecule has 124 valence electrons. The zero-order valence-corrected chi connectivity index (χ0v) is 13.5. The number of aromatic nitrogens is 2. The molecule has 1 unspecified atom stereocenters. The van der Waals surface area contributed by atoms with Gasteiger partial charge in [-0.3, -0.25) is 4.79 Å². The number of carbonyl (C=O) groups is 1. The number of nitrogens with one attached hydrogen (secondary N) is 1. The summed E-state index contributed by atoms with van der Waals surface area (Å²) in [6, 6.07) is 7.27. The fraction of sp³-hybridized carbons (Fsp3) is 0.412. The lowest BCUT2D eigenvalue weighted by Gasteiger charge is -2.16. The van der Waals surface area contributed by atoms with Crippen LogP contribution in [-0.4, -0.2) is 33.3 Å². The number of aliphatic hydroxyl groups is 1. The molecular formula is C17H23N3O3. The van der Waals surface area contributed by atoms with Crippen molar-refractivity contribution >= 4 is 11.6 Å². The Morgan fingerprint density at radius 3 is 2.87 bits per heavy atom. The van der Waals surface area contributed by atoms with E-state index in [2.05, 4.69) is 10.3 Å². The van der Waals surface area contributed by atoms with Gasteiger partial charge >= 0.3 is 0 Å². The van der Waals surface area contributed by atoms with Gasteiger partial charge in [0.15, 0.2) is 0 Å². The number of nitrogens with zero attached hydrogens (tertiary/aromatic N) is 2. The molecule has 6 heteroatoms. The van der Waals surface area contributed by atoms with Crippen molar-refractivity contribution in [1.29, 1.82) is 0 Å². The largest absolute Gasteiger partial charge is 0.490 e. The molecule has 1 atom stereocenters. The molecule has 1 amide bonds. The van der Waals surface area contributed by atoms with Crippen LogP contribution in [-0.2, 0) is 11.3 Å². The third-order valence-electron chi connectivity index (χ3n) is 3.49. The molecule has 6 nitrogen and oxygen atoms in total. The summed E-state index contributed by atoms with van der Waals surface area (Å²) in [6.07, 6.45) is 4.73. The second kappa shape index (κ2) is 8.33. The molecule has 1 aromatic heterocycles. The quantitative estimate of drug-likeness (QED) is 0.783. The van der Waals surface area contributed by atoms with E-state index in [9.17, 15) is 9.90 Å². The minimum atomic E-state index is -0.649. The first kappa shape index (κ1) is 17.0. The summed E-state index contributed by atoms with van der Waals surface area (Å²) < 4.78 is 7.65. The summed E-state index contributed by atoms with van der Waals surface area (Å²) in [5, 5.41) is 12.6. The lowest BCUT2D eigenvalue weighted by atomic mass is 10.0. The van der Waals surface area contributed by atoms with Crippen molar-refractivity contribution in [2.24, 2.45) is 5.92 Å². The molecule has 0 fully saturated rings. The number of ether oxygens (including phenoxy) is 1. The summed E-state index contributed by atoms with van der Waals surface area (Å²) >= 11 is 0. The predicted octanol–water partition coefficient (Wildman–Crippen LogP) is 2.31. The lowest BCUT2D eigenvalue weighted by molar-refractivity contribution is -0.118. The number of aliphatic hydroxyl groups excluding tert-OH is 1. The maximum Gasteiger partial charge on any atom is 0.227 e. The van der Waals surface area contributed by atoms with Crippen LogP contribution in [0.25, 0.3) is 0 Å². The summed E-state index contributed by atoms with van der Waals surface area (Å²) in [5.74, 6) is 0.430. The molecule has 0 bridgehead atoms. The zero-order chi connectivity index (χ0) is 16.7. The smallest absolute Gasteiger partial charge is 0.227 e. The molecule has 0 spiro atoms. The Kier molecular flexibility index (Phi) is 6.17. The molecule has 0 radical (unpaired) electrons. The van der Waals surface area contributed by atoms with Crippen molar-refractivity contribution in [2.45, 2.75) is 32.9 Å². The van der Waals surface area contributed by atoms with E-state index in [0.717, 1.165) is 0 Å². The first-order chi connectivity index (χ1) is 11.1. The van der Waals surface area contributed by atoms with Gasteiger partial charge in [0.25, 0.3) is 0 Å². The Balaban J connectivity index is 1.90. The summed E-state index contributed by atoms with van der Waals surface area (Å²) in [7, 11) is 0. The number of amides is 1. The Hall–Kier alpha value is -2.34. The van der Waals surface area contributed by atoms with Gasteiger partial charge in [0.2, 0.25) is 5.91 Å². The van der Waals surface area contributed by atoms with E-state index in [1.165, 1.54) is 0 Å². The molecule has 0 aliphatic heterocycles. The third kappa shape index (κ3) is 5.41. The number of carbonyl (C=O) groups excluding carboxylic acids is 1. The highest BCUT2D eigenvalue weighted by atomic mass is 16.5. The van der Waals surface area contributed by atoms with Crippen LogP contribution < -0.4 is 10.1 Å². The van der Waals surface area contributed by atoms with Gasteiger partial charge in [0.1, 0.15) is 12.4 Å². The van der Waals surface area contributed by atoms with E-state index >= 15 is 0 Å². The van der Waals surface area contributed by atoms with E-state index in [0.29, 0.717) is 24.6 Å². The van der Waals surface area contributed by atoms with Crippen molar-refractivity contribution in [3.05, 3.63) is 43.0 Å². The van der Waals surface area contributed by atoms with Gasteiger partial charge in [-0.2, -0.15) is 0 Å². The second-order valence-corrected chi connectivity index (χ2v) is 5.71. The number of anilines is 1. The Morgan fingerprint density at radius 1 is 1.39 bits per heavy atom. The highest BCUT2D eigenvalue weighted by Crippen LogP contribution is 2.24. The van der Waals surface area contributed by atoms with Crippen molar-refractivity contribution in [3.8, 4) is 5.75 Å². The fourth-order valence-corrected chi connectivity index (χ4v) is 2.00. The standard InChI is InChI=1S/C17H23N3O3/c1-13(2)15(21)11-17(22)19-14-5-3-4-6-16(14)23-10-9-20-8-7-18-12-20/h3-8,12-13,15,21H,9-11H2,1-2H3,(H,19,22). The average molecular weight is 317 g/mol. The number of hydrogen-bond donors (Lipinski definition) is 2. The van der Waals surface area contributed by atoms with Crippen molar-refractivity contribution in [3.63, 3.8) is 0 Å². The molecule has 2 rings (SSSR count). The van der Waals surface area contributed by atoms with E-state index < -0.39 is 6.10 Å². The van der Waals surface area contributed by atoms with Gasteiger partial charge < -0.3 is 19.7 Å². The van der Waals surface area contributed by atoms with Gasteiger partial charge in [-0.1, -0.05) is 26.0 Å². The Labute approximate surface area is 136 Å². The maximum absolute atomic E-state index is 12.0. The van der Waals surface area contributed by atoms with Crippen LogP contribution in [0.1, 0.15) is 20.3 Å². The molecule has 0 saturated heterocycles. The second-order valence-electron chi connectivity index (χ2n) is 5.71. The Morgan fingerprint density at radius 2 is 2.17 bits per heavy atom. The molecule has 23 heavy (non-hydrogen) atoms.